The fourth-order valence-electron chi connectivity index (χ4n) is 4.99. The number of rotatable bonds is 6. The van der Waals surface area contributed by atoms with Crippen molar-refractivity contribution in [2.24, 2.45) is 0 Å². The Morgan fingerprint density at radius 3 is 2.57 bits per heavy atom. The molecule has 4 aromatic heterocycles. The van der Waals surface area contributed by atoms with Crippen LogP contribution in [-0.4, -0.2) is 62.2 Å². The normalized spacial score (nSPS) is 16.8. The van der Waals surface area contributed by atoms with Crippen LogP contribution < -0.4 is 20.3 Å². The van der Waals surface area contributed by atoms with Crippen molar-refractivity contribution in [2.45, 2.75) is 51.6 Å². The van der Waals surface area contributed by atoms with Crippen LogP contribution in [0.5, 0.6) is 5.88 Å². The quantitative estimate of drug-likeness (QED) is 0.443. The van der Waals surface area contributed by atoms with Crippen LogP contribution in [0.15, 0.2) is 30.6 Å². The number of nitrogens with zero attached hydrogens (tertiary/aromatic N) is 6. The molecule has 0 unspecified atom stereocenters. The number of imidazole rings is 1. The molecular weight excluding hydrogens is 444 g/mol. The van der Waals surface area contributed by atoms with E-state index < -0.39 is 0 Å². The highest BCUT2D eigenvalue weighted by molar-refractivity contribution is 6.03. The van der Waals surface area contributed by atoms with Gasteiger partial charge in [-0.1, -0.05) is 0 Å². The zero-order chi connectivity index (χ0) is 24.1. The number of fused-ring (bicyclic) bond motifs is 2. The number of nitrogens with one attached hydrogen (secondary N) is 2. The molecule has 35 heavy (non-hydrogen) atoms. The molecule has 182 valence electrons. The number of hydrogen-bond acceptors (Lipinski definition) is 7. The maximum Gasteiger partial charge on any atom is 0.275 e. The fraction of sp³-hybridized carbons (Fsp3) is 0.440. The average Bonchev–Trinajstić information content (AvgIpc) is 3.39. The number of aryl methyl sites for hydroxylation is 2. The number of hydrogen-bond donors (Lipinski definition) is 2. The van der Waals surface area contributed by atoms with E-state index in [0.717, 1.165) is 54.6 Å². The third-order valence-electron chi connectivity index (χ3n) is 6.87. The zero-order valence-corrected chi connectivity index (χ0v) is 20.3. The Kier molecular flexibility index (Phi) is 5.32. The third kappa shape index (κ3) is 4.18. The number of anilines is 2. The summed E-state index contributed by atoms with van der Waals surface area (Å²) < 4.78 is 8.96. The molecule has 2 aliphatic rings. The molecule has 0 spiro atoms. The van der Waals surface area contributed by atoms with Crippen molar-refractivity contribution in [1.82, 2.24) is 29.3 Å². The van der Waals surface area contributed by atoms with E-state index in [1.54, 1.807) is 17.8 Å². The van der Waals surface area contributed by atoms with E-state index in [1.807, 2.05) is 42.6 Å². The van der Waals surface area contributed by atoms with Crippen molar-refractivity contribution in [3.63, 3.8) is 0 Å². The lowest BCUT2D eigenvalue weighted by molar-refractivity contribution is 0.101. The summed E-state index contributed by atoms with van der Waals surface area (Å²) in [5.41, 5.74) is 4.75. The summed E-state index contributed by atoms with van der Waals surface area (Å²) in [4.78, 5) is 24.7. The molecule has 0 aromatic carbocycles. The Bertz CT molecular complexity index is 1410. The van der Waals surface area contributed by atoms with Crippen LogP contribution in [0.25, 0.3) is 11.2 Å². The number of pyridine rings is 1. The highest BCUT2D eigenvalue weighted by atomic mass is 16.5. The molecule has 0 bridgehead atoms. The first-order chi connectivity index (χ1) is 17.0. The summed E-state index contributed by atoms with van der Waals surface area (Å²) >= 11 is 0. The van der Waals surface area contributed by atoms with E-state index in [4.69, 9.17) is 4.74 Å². The fourth-order valence-corrected chi connectivity index (χ4v) is 4.99. The second kappa shape index (κ2) is 8.53. The molecule has 1 saturated carbocycles. The summed E-state index contributed by atoms with van der Waals surface area (Å²) in [5, 5.41) is 11.2. The summed E-state index contributed by atoms with van der Waals surface area (Å²) in [6, 6.07) is 7.05. The van der Waals surface area contributed by atoms with Gasteiger partial charge in [-0.25, -0.2) is 9.50 Å². The van der Waals surface area contributed by atoms with Gasteiger partial charge in [-0.05, 0) is 51.7 Å². The number of aromatic nitrogens is 5. The van der Waals surface area contributed by atoms with Crippen molar-refractivity contribution in [3.8, 4) is 5.88 Å². The van der Waals surface area contributed by atoms with Crippen LogP contribution in [0.4, 0.5) is 11.5 Å². The molecule has 0 atom stereocenters. The van der Waals surface area contributed by atoms with Crippen molar-refractivity contribution in [2.75, 3.05) is 30.4 Å². The van der Waals surface area contributed by atoms with Crippen molar-refractivity contribution >= 4 is 28.6 Å². The Morgan fingerprint density at radius 2 is 1.83 bits per heavy atom. The highest BCUT2D eigenvalue weighted by Gasteiger charge is 2.28. The van der Waals surface area contributed by atoms with Gasteiger partial charge in [0.15, 0.2) is 11.5 Å². The number of methoxy groups -OCH3 is 1. The molecule has 1 saturated heterocycles. The Labute approximate surface area is 203 Å². The SMILES string of the molecule is COc1cc2c(N3CCC(NC4CC4)CC3)ccc(C(=O)Nc3cn4cc(C)nc(C)c4n3)n2n1. The third-order valence-corrected chi connectivity index (χ3v) is 6.87. The van der Waals surface area contributed by atoms with Crippen LogP contribution in [0.1, 0.15) is 47.6 Å². The standard InChI is InChI=1S/C25H30N8O2/c1-15-13-32-14-22(28-24(32)16(2)26-15)29-25(34)20-7-6-19(21-12-23(35-3)30-33(20)21)31-10-8-18(9-11-31)27-17-4-5-17/h6-7,12-14,17-18,27H,4-5,8-11H2,1-3H3,(H,29,34). The topological polar surface area (TPSA) is 101 Å². The second-order valence-electron chi connectivity index (χ2n) is 9.57. The van der Waals surface area contributed by atoms with Crippen molar-refractivity contribution in [3.05, 3.63) is 47.7 Å². The van der Waals surface area contributed by atoms with E-state index in [0.29, 0.717) is 29.1 Å². The molecule has 2 fully saturated rings. The first kappa shape index (κ1) is 21.8. The Morgan fingerprint density at radius 1 is 1.06 bits per heavy atom. The second-order valence-corrected chi connectivity index (χ2v) is 9.57. The summed E-state index contributed by atoms with van der Waals surface area (Å²) in [6.45, 7) is 5.77. The number of carbonyl (C=O) groups is 1. The van der Waals surface area contributed by atoms with Gasteiger partial charge in [-0.2, -0.15) is 0 Å². The predicted octanol–water partition coefficient (Wildman–Crippen LogP) is 2.98. The van der Waals surface area contributed by atoms with Crippen molar-refractivity contribution < 1.29 is 9.53 Å². The van der Waals surface area contributed by atoms with Crippen LogP contribution in [-0.2, 0) is 0 Å². The molecule has 2 N–H and O–H groups in total. The van der Waals surface area contributed by atoms with E-state index in [2.05, 4.69) is 30.6 Å². The van der Waals surface area contributed by atoms with Gasteiger partial charge in [0.05, 0.1) is 35.9 Å². The van der Waals surface area contributed by atoms with E-state index in [1.165, 1.54) is 12.8 Å². The molecule has 6 rings (SSSR count). The predicted molar refractivity (Wildman–Crippen MR) is 134 cm³/mol. The van der Waals surface area contributed by atoms with Gasteiger partial charge in [0.25, 0.3) is 5.91 Å². The molecular formula is C25H30N8O2. The van der Waals surface area contributed by atoms with Crippen LogP contribution in [0, 0.1) is 13.8 Å². The monoisotopic (exact) mass is 474 g/mol. The van der Waals surface area contributed by atoms with Gasteiger partial charge in [-0.3, -0.25) is 9.78 Å². The molecule has 10 heteroatoms. The van der Waals surface area contributed by atoms with Gasteiger partial charge in [0.1, 0.15) is 5.69 Å². The highest BCUT2D eigenvalue weighted by Crippen LogP contribution is 2.30. The molecule has 0 radical (unpaired) electrons. The minimum absolute atomic E-state index is 0.287. The summed E-state index contributed by atoms with van der Waals surface area (Å²) in [5.74, 6) is 0.652. The van der Waals surface area contributed by atoms with Gasteiger partial charge < -0.3 is 24.7 Å². The van der Waals surface area contributed by atoms with Gasteiger partial charge in [0.2, 0.25) is 5.88 Å². The first-order valence-corrected chi connectivity index (χ1v) is 12.2. The lowest BCUT2D eigenvalue weighted by Gasteiger charge is -2.34. The van der Waals surface area contributed by atoms with Crippen LogP contribution >= 0.6 is 0 Å². The number of amides is 1. The van der Waals surface area contributed by atoms with Crippen LogP contribution in [0.2, 0.25) is 0 Å². The summed E-state index contributed by atoms with van der Waals surface area (Å²) in [7, 11) is 1.59. The zero-order valence-electron chi connectivity index (χ0n) is 20.3. The van der Waals surface area contributed by atoms with Gasteiger partial charge >= 0.3 is 0 Å². The largest absolute Gasteiger partial charge is 0.480 e. The smallest absolute Gasteiger partial charge is 0.275 e. The molecule has 4 aromatic rings. The van der Waals surface area contributed by atoms with Gasteiger partial charge in [0, 0.05) is 37.4 Å². The molecule has 1 aliphatic heterocycles. The number of piperidine rings is 1. The van der Waals surface area contributed by atoms with Crippen LogP contribution in [0.3, 0.4) is 0 Å². The molecule has 1 amide bonds. The van der Waals surface area contributed by atoms with E-state index >= 15 is 0 Å². The molecule has 5 heterocycles. The maximum atomic E-state index is 13.3. The van der Waals surface area contributed by atoms with Crippen molar-refractivity contribution in [1.29, 1.82) is 0 Å². The van der Waals surface area contributed by atoms with Gasteiger partial charge in [-0.15, -0.1) is 5.10 Å². The Hall–Kier alpha value is -3.66. The first-order valence-electron chi connectivity index (χ1n) is 12.2. The number of carbonyl (C=O) groups excluding carboxylic acids is 1. The Balaban J connectivity index is 1.27. The summed E-state index contributed by atoms with van der Waals surface area (Å²) in [6.07, 6.45) is 8.52. The average molecular weight is 475 g/mol. The minimum atomic E-state index is -0.287. The number of ether oxygens (including phenoxy) is 1. The minimum Gasteiger partial charge on any atom is -0.480 e. The van der Waals surface area contributed by atoms with E-state index in [-0.39, 0.29) is 5.91 Å². The molecule has 1 aliphatic carbocycles. The lowest BCUT2D eigenvalue weighted by atomic mass is 10.0. The van der Waals surface area contributed by atoms with E-state index in [9.17, 15) is 4.79 Å². The maximum absolute atomic E-state index is 13.3. The lowest BCUT2D eigenvalue weighted by Crippen LogP contribution is -2.43. The molecule has 10 nitrogen and oxygen atoms in total.